The van der Waals surface area contributed by atoms with Gasteiger partial charge in [0.05, 0.1) is 12.0 Å². The number of aryl methyl sites for hydroxylation is 2. The molecule has 0 bridgehead atoms. The van der Waals surface area contributed by atoms with Crippen LogP contribution in [0.4, 0.5) is 0 Å². The summed E-state index contributed by atoms with van der Waals surface area (Å²) in [5.74, 6) is 0. The van der Waals surface area contributed by atoms with Crippen LogP contribution in [0.15, 0.2) is 6.33 Å². The topological polar surface area (TPSA) is 29.9 Å². The maximum atomic E-state index is 4.50. The Morgan fingerprint density at radius 3 is 3.13 bits per heavy atom. The van der Waals surface area contributed by atoms with Crippen LogP contribution in [0.2, 0.25) is 0 Å². The number of hydrogen-bond donors (Lipinski definition) is 1. The molecule has 2 rings (SSSR count). The molecule has 0 saturated carbocycles. The molecule has 15 heavy (non-hydrogen) atoms. The maximum Gasteiger partial charge on any atom is 0.0951 e. The molecule has 0 spiro atoms. The van der Waals surface area contributed by atoms with Crippen molar-refractivity contribution in [2.24, 2.45) is 0 Å². The molecule has 84 valence electrons. The lowest BCUT2D eigenvalue weighted by atomic mass is 10.0. The number of rotatable bonds is 5. The lowest BCUT2D eigenvalue weighted by molar-refractivity contribution is 0.559. The van der Waals surface area contributed by atoms with Crippen LogP contribution < -0.4 is 5.32 Å². The summed E-state index contributed by atoms with van der Waals surface area (Å²) in [5, 5.41) is 3.36. The number of nitrogens with one attached hydrogen (secondary N) is 1. The van der Waals surface area contributed by atoms with Crippen molar-refractivity contribution in [3.05, 3.63) is 17.7 Å². The van der Waals surface area contributed by atoms with Gasteiger partial charge in [0.1, 0.15) is 0 Å². The number of hydrogen-bond acceptors (Lipinski definition) is 2. The molecule has 1 aliphatic rings. The van der Waals surface area contributed by atoms with Gasteiger partial charge in [0.15, 0.2) is 0 Å². The van der Waals surface area contributed by atoms with Gasteiger partial charge in [-0.25, -0.2) is 4.98 Å². The maximum absolute atomic E-state index is 4.50. The molecular weight excluding hydrogens is 186 g/mol. The molecule has 1 N–H and O–H groups in total. The third kappa shape index (κ3) is 2.59. The number of fused-ring (bicyclic) bond motifs is 1. The van der Waals surface area contributed by atoms with Crippen LogP contribution in [-0.4, -0.2) is 22.6 Å². The average molecular weight is 207 g/mol. The van der Waals surface area contributed by atoms with Crippen LogP contribution >= 0.6 is 0 Å². The summed E-state index contributed by atoms with van der Waals surface area (Å²) in [5.41, 5.74) is 2.85. The van der Waals surface area contributed by atoms with Gasteiger partial charge in [0, 0.05) is 12.2 Å². The first-order valence-corrected chi connectivity index (χ1v) is 6.15. The molecule has 0 aromatic carbocycles. The van der Waals surface area contributed by atoms with E-state index in [1.165, 1.54) is 43.5 Å². The van der Waals surface area contributed by atoms with Crippen LogP contribution in [0.25, 0.3) is 0 Å². The van der Waals surface area contributed by atoms with E-state index in [1.54, 1.807) is 0 Å². The predicted molar refractivity (Wildman–Crippen MR) is 62.0 cm³/mol. The minimum atomic E-state index is 1.07. The van der Waals surface area contributed by atoms with Crippen molar-refractivity contribution in [1.29, 1.82) is 0 Å². The summed E-state index contributed by atoms with van der Waals surface area (Å²) in [6.07, 6.45) is 8.32. The molecule has 1 aliphatic carbocycles. The molecule has 3 nitrogen and oxygen atoms in total. The van der Waals surface area contributed by atoms with Crippen LogP contribution in [0.5, 0.6) is 0 Å². The van der Waals surface area contributed by atoms with Gasteiger partial charge >= 0.3 is 0 Å². The van der Waals surface area contributed by atoms with E-state index in [9.17, 15) is 0 Å². The van der Waals surface area contributed by atoms with Gasteiger partial charge < -0.3 is 9.88 Å². The van der Waals surface area contributed by atoms with Crippen LogP contribution in [-0.2, 0) is 19.4 Å². The summed E-state index contributed by atoms with van der Waals surface area (Å²) >= 11 is 0. The molecule has 3 heteroatoms. The molecule has 1 aromatic rings. The second kappa shape index (κ2) is 5.31. The summed E-state index contributed by atoms with van der Waals surface area (Å²) in [6, 6.07) is 0. The van der Waals surface area contributed by atoms with Crippen molar-refractivity contribution < 1.29 is 0 Å². The third-order valence-corrected chi connectivity index (χ3v) is 3.11. The van der Waals surface area contributed by atoms with Crippen LogP contribution in [0, 0.1) is 0 Å². The first-order valence-electron chi connectivity index (χ1n) is 6.15. The summed E-state index contributed by atoms with van der Waals surface area (Å²) in [6.45, 7) is 5.46. The molecule has 1 heterocycles. The zero-order valence-corrected chi connectivity index (χ0v) is 9.63. The Hall–Kier alpha value is -0.830. The molecular formula is C12H21N3. The molecule has 0 saturated heterocycles. The quantitative estimate of drug-likeness (QED) is 0.746. The monoisotopic (exact) mass is 207 g/mol. The standard InChI is InChI=1S/C12H21N3/c1-2-13-8-5-9-15-10-14-11-6-3-4-7-12(11)15/h10,13H,2-9H2,1H3. The highest BCUT2D eigenvalue weighted by atomic mass is 15.1. The fraction of sp³-hybridized carbons (Fsp3) is 0.750. The van der Waals surface area contributed by atoms with Gasteiger partial charge in [-0.1, -0.05) is 6.92 Å². The van der Waals surface area contributed by atoms with Crippen molar-refractivity contribution >= 4 is 0 Å². The van der Waals surface area contributed by atoms with Crippen molar-refractivity contribution in [2.45, 2.75) is 45.6 Å². The van der Waals surface area contributed by atoms with Crippen LogP contribution in [0.1, 0.15) is 37.6 Å². The van der Waals surface area contributed by atoms with Gasteiger partial charge in [-0.2, -0.15) is 0 Å². The van der Waals surface area contributed by atoms with Gasteiger partial charge in [0.2, 0.25) is 0 Å². The zero-order valence-electron chi connectivity index (χ0n) is 9.63. The van der Waals surface area contributed by atoms with Gasteiger partial charge in [-0.3, -0.25) is 0 Å². The fourth-order valence-corrected chi connectivity index (χ4v) is 2.27. The van der Waals surface area contributed by atoms with E-state index >= 15 is 0 Å². The molecule has 1 aromatic heterocycles. The minimum Gasteiger partial charge on any atom is -0.334 e. The Kier molecular flexibility index (Phi) is 3.78. The second-order valence-electron chi connectivity index (χ2n) is 4.25. The largest absolute Gasteiger partial charge is 0.334 e. The van der Waals surface area contributed by atoms with E-state index in [1.807, 2.05) is 6.33 Å². The Morgan fingerprint density at radius 1 is 1.40 bits per heavy atom. The van der Waals surface area contributed by atoms with E-state index in [-0.39, 0.29) is 0 Å². The van der Waals surface area contributed by atoms with Crippen molar-refractivity contribution in [3.63, 3.8) is 0 Å². The fourth-order valence-electron chi connectivity index (χ4n) is 2.27. The van der Waals surface area contributed by atoms with Gasteiger partial charge in [-0.05, 0) is 45.2 Å². The van der Waals surface area contributed by atoms with E-state index < -0.39 is 0 Å². The highest BCUT2D eigenvalue weighted by Crippen LogP contribution is 2.19. The zero-order chi connectivity index (χ0) is 10.5. The summed E-state index contributed by atoms with van der Waals surface area (Å²) in [7, 11) is 0. The third-order valence-electron chi connectivity index (χ3n) is 3.11. The second-order valence-corrected chi connectivity index (χ2v) is 4.25. The van der Waals surface area contributed by atoms with Crippen molar-refractivity contribution in [2.75, 3.05) is 13.1 Å². The van der Waals surface area contributed by atoms with Crippen molar-refractivity contribution in [1.82, 2.24) is 14.9 Å². The number of imidazole rings is 1. The summed E-state index contributed by atoms with van der Waals surface area (Å²) < 4.78 is 2.35. The lowest BCUT2D eigenvalue weighted by Crippen LogP contribution is -2.17. The van der Waals surface area contributed by atoms with E-state index in [0.29, 0.717) is 0 Å². The minimum absolute atomic E-state index is 1.07. The number of nitrogens with zero attached hydrogens (tertiary/aromatic N) is 2. The van der Waals surface area contributed by atoms with Gasteiger partial charge in [0.25, 0.3) is 0 Å². The molecule has 0 fully saturated rings. The van der Waals surface area contributed by atoms with Gasteiger partial charge in [-0.15, -0.1) is 0 Å². The predicted octanol–water partition coefficient (Wildman–Crippen LogP) is 1.76. The van der Waals surface area contributed by atoms with E-state index in [0.717, 1.165) is 19.6 Å². The normalized spacial score (nSPS) is 15.3. The first-order chi connectivity index (χ1) is 7.42. The van der Waals surface area contributed by atoms with E-state index in [2.05, 4.69) is 21.8 Å². The van der Waals surface area contributed by atoms with Crippen molar-refractivity contribution in [3.8, 4) is 0 Å². The summed E-state index contributed by atoms with van der Waals surface area (Å²) in [4.78, 5) is 4.50. The first kappa shape index (κ1) is 10.7. The molecule has 0 aliphatic heterocycles. The Balaban J connectivity index is 1.88. The SMILES string of the molecule is CCNCCCn1cnc2c1CCCC2. The Morgan fingerprint density at radius 2 is 2.27 bits per heavy atom. The lowest BCUT2D eigenvalue weighted by Gasteiger charge is -2.13. The molecule has 0 atom stereocenters. The smallest absolute Gasteiger partial charge is 0.0951 e. The van der Waals surface area contributed by atoms with Crippen LogP contribution in [0.3, 0.4) is 0 Å². The van der Waals surface area contributed by atoms with E-state index in [4.69, 9.17) is 0 Å². The highest BCUT2D eigenvalue weighted by molar-refractivity contribution is 5.16. The highest BCUT2D eigenvalue weighted by Gasteiger charge is 2.14. The average Bonchev–Trinajstić information content (AvgIpc) is 2.68. The molecule has 0 amide bonds. The molecule has 0 unspecified atom stereocenters. The number of aromatic nitrogens is 2. The Bertz CT molecular complexity index is 304. The Labute approximate surface area is 91.9 Å². The molecule has 0 radical (unpaired) electrons.